The van der Waals surface area contributed by atoms with Crippen LogP contribution in [0.15, 0.2) is 122 Å². The first-order valence-corrected chi connectivity index (χ1v) is 14.9. The van der Waals surface area contributed by atoms with Gasteiger partial charge in [-0.15, -0.1) is 0 Å². The molecule has 4 aromatic carbocycles. The van der Waals surface area contributed by atoms with E-state index in [-0.39, 0.29) is 10.8 Å². The maximum Gasteiger partial charge on any atom is 0.115 e. The van der Waals surface area contributed by atoms with Gasteiger partial charge < -0.3 is 9.84 Å². The van der Waals surface area contributed by atoms with Gasteiger partial charge in [-0.1, -0.05) is 145 Å². The van der Waals surface area contributed by atoms with Crippen LogP contribution in [0.2, 0.25) is 0 Å². The van der Waals surface area contributed by atoms with Crippen LogP contribution in [-0.4, -0.2) is 15.1 Å². The maximum absolute atomic E-state index is 10.3. The van der Waals surface area contributed by atoms with Crippen molar-refractivity contribution in [3.63, 3.8) is 0 Å². The number of hydrogen-bond donors (Lipinski definition) is 1. The Balaban J connectivity index is 0.000000198. The van der Waals surface area contributed by atoms with Crippen molar-refractivity contribution in [1.29, 1.82) is 0 Å². The average molecular weight is 573 g/mol. The highest BCUT2D eigenvalue weighted by molar-refractivity contribution is 5.63. The minimum absolute atomic E-state index is 0.203. The second kappa shape index (κ2) is 14.4. The number of aliphatic hydroxyl groups is 1. The molecule has 0 saturated heterocycles. The van der Waals surface area contributed by atoms with Crippen molar-refractivity contribution in [1.82, 2.24) is 9.97 Å². The van der Waals surface area contributed by atoms with Gasteiger partial charge in [-0.3, -0.25) is 0 Å². The Bertz CT molecular complexity index is 1460. The molecular formula is C39H44N2O2. The fourth-order valence-electron chi connectivity index (χ4n) is 4.62. The van der Waals surface area contributed by atoms with Crippen LogP contribution in [0.4, 0.5) is 0 Å². The molecule has 0 amide bonds. The highest BCUT2D eigenvalue weighted by Crippen LogP contribution is 2.26. The lowest BCUT2D eigenvalue weighted by atomic mass is 9.87. The first kappa shape index (κ1) is 31.8. The molecule has 0 aliphatic carbocycles. The van der Waals surface area contributed by atoms with Gasteiger partial charge in [0.15, 0.2) is 0 Å². The third-order valence-electron chi connectivity index (χ3n) is 7.41. The van der Waals surface area contributed by atoms with Gasteiger partial charge in [0, 0.05) is 18.0 Å². The number of aromatic nitrogens is 2. The predicted molar refractivity (Wildman–Crippen MR) is 177 cm³/mol. The van der Waals surface area contributed by atoms with Gasteiger partial charge in [0.2, 0.25) is 0 Å². The summed E-state index contributed by atoms with van der Waals surface area (Å²) >= 11 is 0. The lowest BCUT2D eigenvalue weighted by Crippen LogP contribution is -2.11. The normalized spacial score (nSPS) is 12.3. The Morgan fingerprint density at radius 3 is 1.44 bits per heavy atom. The smallest absolute Gasteiger partial charge is 0.115 e. The minimum Gasteiger partial charge on any atom is -0.384 e. The van der Waals surface area contributed by atoms with E-state index in [0.29, 0.717) is 18.8 Å². The maximum atomic E-state index is 10.3. The summed E-state index contributed by atoms with van der Waals surface area (Å²) in [4.78, 5) is 7.85. The zero-order valence-electron chi connectivity index (χ0n) is 26.3. The zero-order valence-corrected chi connectivity index (χ0v) is 26.3. The summed E-state index contributed by atoms with van der Waals surface area (Å²) in [5, 5.41) is 10.3. The van der Waals surface area contributed by atoms with E-state index >= 15 is 0 Å². The van der Waals surface area contributed by atoms with Gasteiger partial charge in [-0.05, 0) is 49.8 Å². The molecule has 0 bridgehead atoms. The molecule has 0 radical (unpaired) electrons. The molecule has 5 aromatic rings. The lowest BCUT2D eigenvalue weighted by molar-refractivity contribution is 0.107. The van der Waals surface area contributed by atoms with Crippen molar-refractivity contribution in [3.05, 3.63) is 155 Å². The molecule has 222 valence electrons. The van der Waals surface area contributed by atoms with Crippen LogP contribution < -0.4 is 0 Å². The summed E-state index contributed by atoms with van der Waals surface area (Å²) in [5.74, 6) is 0. The van der Waals surface area contributed by atoms with Crippen LogP contribution in [0.1, 0.15) is 81.0 Å². The second-order valence-electron chi connectivity index (χ2n) is 12.9. The summed E-state index contributed by atoms with van der Waals surface area (Å²) in [6.07, 6.45) is 4.02. The van der Waals surface area contributed by atoms with Crippen LogP contribution in [0, 0.1) is 0 Å². The van der Waals surface area contributed by atoms with Gasteiger partial charge in [-0.2, -0.15) is 0 Å². The van der Waals surface area contributed by atoms with E-state index in [9.17, 15) is 5.11 Å². The summed E-state index contributed by atoms with van der Waals surface area (Å²) in [6.45, 7) is 14.7. The zero-order chi connectivity index (χ0) is 30.9. The van der Waals surface area contributed by atoms with Gasteiger partial charge >= 0.3 is 0 Å². The molecule has 1 unspecified atom stereocenters. The molecule has 0 aliphatic heterocycles. The van der Waals surface area contributed by atoms with Crippen LogP contribution in [-0.2, 0) is 28.8 Å². The standard InChI is InChI=1S/C22H30O.C17H14N2O/c1-21(2,3)19-11-7-17(8-12-19)15-23-16-18-9-13-20(14-10-18)22(4,5)6;20-17(16-10-18-12-19-11-16)15-8-6-14(7-9-15)13-4-2-1-3-5-13/h7-14H,15-16H2,1-6H3;1-12,17,20H. The number of nitrogens with zero attached hydrogens (tertiary/aromatic N) is 2. The largest absolute Gasteiger partial charge is 0.384 e. The molecule has 4 heteroatoms. The number of ether oxygens (including phenoxy) is 1. The molecule has 4 nitrogen and oxygen atoms in total. The van der Waals surface area contributed by atoms with E-state index in [4.69, 9.17) is 4.74 Å². The van der Waals surface area contributed by atoms with Crippen LogP contribution in [0.5, 0.6) is 0 Å². The van der Waals surface area contributed by atoms with Crippen molar-refractivity contribution in [2.75, 3.05) is 0 Å². The van der Waals surface area contributed by atoms with E-state index in [1.807, 2.05) is 42.5 Å². The molecule has 5 rings (SSSR count). The summed E-state index contributed by atoms with van der Waals surface area (Å²) in [6, 6.07) is 35.5. The van der Waals surface area contributed by atoms with E-state index in [2.05, 4.69) is 112 Å². The van der Waals surface area contributed by atoms with Gasteiger partial charge in [-0.25, -0.2) is 9.97 Å². The number of hydrogen-bond acceptors (Lipinski definition) is 4. The van der Waals surface area contributed by atoms with Crippen LogP contribution in [0.25, 0.3) is 11.1 Å². The molecule has 1 aromatic heterocycles. The molecule has 1 N–H and O–H groups in total. The molecule has 0 aliphatic rings. The Labute approximate surface area is 257 Å². The summed E-state index contributed by atoms with van der Waals surface area (Å²) in [7, 11) is 0. The quantitative estimate of drug-likeness (QED) is 0.211. The molecular weight excluding hydrogens is 528 g/mol. The second-order valence-corrected chi connectivity index (χ2v) is 12.9. The third-order valence-corrected chi connectivity index (χ3v) is 7.41. The monoisotopic (exact) mass is 572 g/mol. The number of rotatable bonds is 7. The average Bonchev–Trinajstić information content (AvgIpc) is 3.02. The number of benzene rings is 4. The molecule has 1 atom stereocenters. The Kier molecular flexibility index (Phi) is 10.6. The van der Waals surface area contributed by atoms with Crippen LogP contribution >= 0.6 is 0 Å². The van der Waals surface area contributed by atoms with E-state index in [1.54, 1.807) is 12.4 Å². The lowest BCUT2D eigenvalue weighted by Gasteiger charge is -2.19. The summed E-state index contributed by atoms with van der Waals surface area (Å²) in [5.41, 5.74) is 9.40. The highest BCUT2D eigenvalue weighted by atomic mass is 16.5. The van der Waals surface area contributed by atoms with Gasteiger partial charge in [0.05, 0.1) is 13.2 Å². The van der Waals surface area contributed by atoms with Crippen LogP contribution in [0.3, 0.4) is 0 Å². The molecule has 0 saturated carbocycles. The first-order valence-electron chi connectivity index (χ1n) is 14.9. The highest BCUT2D eigenvalue weighted by Gasteiger charge is 2.14. The molecule has 43 heavy (non-hydrogen) atoms. The van der Waals surface area contributed by atoms with Crippen molar-refractivity contribution < 1.29 is 9.84 Å². The third kappa shape index (κ3) is 9.44. The first-order chi connectivity index (χ1) is 20.5. The van der Waals surface area contributed by atoms with Crippen molar-refractivity contribution in [3.8, 4) is 11.1 Å². The molecule has 1 heterocycles. The van der Waals surface area contributed by atoms with Gasteiger partial charge in [0.25, 0.3) is 0 Å². The van der Waals surface area contributed by atoms with Gasteiger partial charge in [0.1, 0.15) is 12.4 Å². The molecule has 0 spiro atoms. The molecule has 0 fully saturated rings. The Hall–Kier alpha value is -4.12. The van der Waals surface area contributed by atoms with Crippen molar-refractivity contribution in [2.24, 2.45) is 0 Å². The summed E-state index contributed by atoms with van der Waals surface area (Å²) < 4.78 is 5.86. The Morgan fingerprint density at radius 2 is 1.00 bits per heavy atom. The van der Waals surface area contributed by atoms with Crippen molar-refractivity contribution in [2.45, 2.75) is 71.7 Å². The number of aliphatic hydroxyl groups excluding tert-OH is 1. The Morgan fingerprint density at radius 1 is 0.558 bits per heavy atom. The van der Waals surface area contributed by atoms with E-state index in [0.717, 1.165) is 16.7 Å². The topological polar surface area (TPSA) is 55.2 Å². The van der Waals surface area contributed by atoms with E-state index < -0.39 is 6.10 Å². The predicted octanol–water partition coefficient (Wildman–Crippen LogP) is 9.22. The minimum atomic E-state index is -0.693. The fourth-order valence-corrected chi connectivity index (χ4v) is 4.62. The van der Waals surface area contributed by atoms with E-state index in [1.165, 1.54) is 28.6 Å². The van der Waals surface area contributed by atoms with Crippen molar-refractivity contribution >= 4 is 0 Å². The SMILES string of the molecule is CC(C)(C)c1ccc(COCc2ccc(C(C)(C)C)cc2)cc1.OC(c1ccc(-c2ccccc2)cc1)c1cncnc1. The fraction of sp³-hybridized carbons (Fsp3) is 0.282.